The molecular weight excluding hydrogens is 502 g/mol. The minimum Gasteiger partial charge on any atom is -0.455 e. The molecule has 2 rings (SSSR count). The number of nitrogens with two attached hydrogens (primary N) is 2. The lowest BCUT2D eigenvalue weighted by molar-refractivity contribution is -0.131. The average Bonchev–Trinajstić information content (AvgIpc) is 2.73. The van der Waals surface area contributed by atoms with Crippen molar-refractivity contribution in [3.8, 4) is 0 Å². The van der Waals surface area contributed by atoms with Crippen molar-refractivity contribution in [1.82, 2.24) is 0 Å². The first-order valence-corrected chi connectivity index (χ1v) is 17.2. The monoisotopic (exact) mass is 536 g/mol. The van der Waals surface area contributed by atoms with Crippen LogP contribution in [0.15, 0.2) is 48.5 Å². The summed E-state index contributed by atoms with van der Waals surface area (Å²) in [5.74, 6) is 0. The maximum Gasteiger partial charge on any atom is 0.388 e. The summed E-state index contributed by atoms with van der Waals surface area (Å²) in [5.41, 5.74) is 14.5. The van der Waals surface area contributed by atoms with Crippen molar-refractivity contribution in [2.45, 2.75) is 75.3 Å². The Balaban J connectivity index is 2.26. The quantitative estimate of drug-likeness (QED) is 0.166. The molecule has 2 unspecified atom stereocenters. The topological polar surface area (TPSA) is 61.3 Å². The molecule has 0 aliphatic rings. The van der Waals surface area contributed by atoms with Gasteiger partial charge in [-0.15, -0.1) is 0 Å². The first-order chi connectivity index (χ1) is 16.1. The van der Waals surface area contributed by atoms with E-state index in [2.05, 4.69) is 0 Å². The predicted octanol–water partition coefficient (Wildman–Crippen LogP) is 7.71. The lowest BCUT2D eigenvalue weighted by Crippen LogP contribution is -2.49. The Hall–Kier alpha value is -1.99. The summed E-state index contributed by atoms with van der Waals surface area (Å²) in [6.45, 7) is 3.45. The SMILES string of the molecule is C[Si](CCc1cccc(N)c1)(CCC(F)(F)F)O[Si](C)(CCc1cccc(N)c1)CCC(F)(F)F. The van der Waals surface area contributed by atoms with E-state index < -0.39 is 41.8 Å². The van der Waals surface area contributed by atoms with Gasteiger partial charge in [0, 0.05) is 24.2 Å². The Labute approximate surface area is 205 Å². The van der Waals surface area contributed by atoms with E-state index in [1.165, 1.54) is 0 Å². The Morgan fingerprint density at radius 3 is 1.34 bits per heavy atom. The number of rotatable bonds is 12. The van der Waals surface area contributed by atoms with Gasteiger partial charge < -0.3 is 15.6 Å². The highest BCUT2D eigenvalue weighted by Gasteiger charge is 2.43. The number of aryl methyl sites for hydroxylation is 2. The largest absolute Gasteiger partial charge is 0.455 e. The van der Waals surface area contributed by atoms with Crippen molar-refractivity contribution in [2.24, 2.45) is 0 Å². The first-order valence-electron chi connectivity index (χ1n) is 11.6. The van der Waals surface area contributed by atoms with Crippen LogP contribution in [0.25, 0.3) is 0 Å². The van der Waals surface area contributed by atoms with Gasteiger partial charge in [0.25, 0.3) is 0 Å². The van der Waals surface area contributed by atoms with Gasteiger partial charge in [-0.05, 0) is 85.5 Å². The van der Waals surface area contributed by atoms with Gasteiger partial charge in [-0.3, -0.25) is 0 Å². The third-order valence-corrected chi connectivity index (χ3v) is 15.3. The summed E-state index contributed by atoms with van der Waals surface area (Å²) in [7, 11) is -6.06. The fourth-order valence-electron chi connectivity index (χ4n) is 4.18. The Morgan fingerprint density at radius 1 is 0.657 bits per heavy atom. The molecule has 0 saturated carbocycles. The Kier molecular flexibility index (Phi) is 9.89. The van der Waals surface area contributed by atoms with Gasteiger partial charge in [0.1, 0.15) is 0 Å². The number of nitrogen functional groups attached to an aromatic ring is 2. The highest BCUT2D eigenvalue weighted by molar-refractivity contribution is 6.86. The van der Waals surface area contributed by atoms with Crippen LogP contribution in [0.3, 0.4) is 0 Å². The van der Waals surface area contributed by atoms with Gasteiger partial charge in [-0.1, -0.05) is 24.3 Å². The fourth-order valence-corrected chi connectivity index (χ4v) is 14.3. The van der Waals surface area contributed by atoms with E-state index in [9.17, 15) is 26.3 Å². The summed E-state index contributed by atoms with van der Waals surface area (Å²) in [6.07, 6.45) is -9.81. The van der Waals surface area contributed by atoms with Crippen LogP contribution in [-0.4, -0.2) is 29.0 Å². The van der Waals surface area contributed by atoms with Crippen LogP contribution in [0.1, 0.15) is 24.0 Å². The molecule has 0 aromatic heterocycles. The fraction of sp³-hybridized carbons (Fsp3) is 0.500. The van der Waals surface area contributed by atoms with Gasteiger partial charge in [-0.2, -0.15) is 26.3 Å². The first kappa shape index (κ1) is 29.2. The second kappa shape index (κ2) is 11.8. The molecule has 35 heavy (non-hydrogen) atoms. The van der Waals surface area contributed by atoms with Gasteiger partial charge >= 0.3 is 12.4 Å². The number of anilines is 2. The summed E-state index contributed by atoms with van der Waals surface area (Å²) < 4.78 is 85.4. The molecule has 4 N–H and O–H groups in total. The molecule has 0 heterocycles. The van der Waals surface area contributed by atoms with Gasteiger partial charge in [0.15, 0.2) is 16.6 Å². The number of alkyl halides is 6. The molecule has 3 nitrogen and oxygen atoms in total. The Morgan fingerprint density at radius 2 is 1.03 bits per heavy atom. The van der Waals surface area contributed by atoms with Crippen LogP contribution >= 0.6 is 0 Å². The molecule has 0 aliphatic carbocycles. The second-order valence-corrected chi connectivity index (χ2v) is 18.3. The zero-order valence-corrected chi connectivity index (χ0v) is 22.1. The third kappa shape index (κ3) is 11.5. The molecule has 2 aromatic rings. The van der Waals surface area contributed by atoms with Crippen molar-refractivity contribution in [3.63, 3.8) is 0 Å². The average molecular weight is 537 g/mol. The lowest BCUT2D eigenvalue weighted by Gasteiger charge is -2.39. The lowest BCUT2D eigenvalue weighted by atomic mass is 10.1. The normalized spacial score (nSPS) is 16.0. The minimum absolute atomic E-state index is 0.189. The molecule has 11 heteroatoms. The third-order valence-electron chi connectivity index (χ3n) is 6.15. The maximum atomic E-state index is 13.1. The second-order valence-electron chi connectivity index (χ2n) is 9.72. The zero-order valence-electron chi connectivity index (χ0n) is 20.1. The van der Waals surface area contributed by atoms with Crippen molar-refractivity contribution < 1.29 is 30.5 Å². The summed E-state index contributed by atoms with van der Waals surface area (Å²) in [5, 5.41) is 0. The number of benzene rings is 2. The molecule has 0 bridgehead atoms. The highest BCUT2D eigenvalue weighted by Crippen LogP contribution is 2.36. The Bertz CT molecular complexity index is 881. The summed E-state index contributed by atoms with van der Waals surface area (Å²) in [6, 6.07) is 14.6. The van der Waals surface area contributed by atoms with Crippen molar-refractivity contribution in [2.75, 3.05) is 11.5 Å². The molecule has 0 saturated heterocycles. The molecule has 2 atom stereocenters. The molecule has 0 amide bonds. The number of hydrogen-bond donors (Lipinski definition) is 2. The molecule has 0 aliphatic heterocycles. The van der Waals surface area contributed by atoms with Crippen LogP contribution < -0.4 is 11.5 Å². The molecular formula is C24H34F6N2OSi2. The van der Waals surface area contributed by atoms with Crippen molar-refractivity contribution >= 4 is 28.0 Å². The van der Waals surface area contributed by atoms with Crippen LogP contribution in [0.5, 0.6) is 0 Å². The van der Waals surface area contributed by atoms with E-state index in [0.29, 0.717) is 36.3 Å². The van der Waals surface area contributed by atoms with Crippen LogP contribution in [0.2, 0.25) is 37.3 Å². The maximum absolute atomic E-state index is 13.1. The van der Waals surface area contributed by atoms with Crippen LogP contribution in [0, 0.1) is 0 Å². The number of halogens is 6. The van der Waals surface area contributed by atoms with E-state index in [0.717, 1.165) is 11.1 Å². The summed E-state index contributed by atoms with van der Waals surface area (Å²) >= 11 is 0. The van der Waals surface area contributed by atoms with E-state index in [4.69, 9.17) is 15.6 Å². The van der Waals surface area contributed by atoms with E-state index in [-0.39, 0.29) is 12.1 Å². The van der Waals surface area contributed by atoms with Gasteiger partial charge in [-0.25, -0.2) is 0 Å². The standard InChI is InChI=1S/C24H34F6N2OSi2/c1-34(15-11-23(25,26)27,13-9-19-5-3-7-21(31)17-19)33-35(2,16-12-24(28,29)30)14-10-20-6-4-8-22(32)18-20/h3-8,17-18H,9-16,31-32H2,1-2H3. The molecule has 0 spiro atoms. The smallest absolute Gasteiger partial charge is 0.388 e. The van der Waals surface area contributed by atoms with Crippen molar-refractivity contribution in [1.29, 1.82) is 0 Å². The van der Waals surface area contributed by atoms with Crippen LogP contribution in [-0.2, 0) is 17.0 Å². The highest BCUT2D eigenvalue weighted by atomic mass is 28.4. The summed E-state index contributed by atoms with van der Waals surface area (Å²) in [4.78, 5) is 0. The molecule has 0 radical (unpaired) electrons. The zero-order chi connectivity index (χ0) is 26.3. The van der Waals surface area contributed by atoms with Gasteiger partial charge in [0.05, 0.1) is 0 Å². The van der Waals surface area contributed by atoms with Crippen molar-refractivity contribution in [3.05, 3.63) is 59.7 Å². The van der Waals surface area contributed by atoms with E-state index >= 15 is 0 Å². The van der Waals surface area contributed by atoms with Gasteiger partial charge in [0.2, 0.25) is 0 Å². The predicted molar refractivity (Wildman–Crippen MR) is 134 cm³/mol. The van der Waals surface area contributed by atoms with E-state index in [1.807, 2.05) is 12.1 Å². The molecule has 196 valence electrons. The van der Waals surface area contributed by atoms with E-state index in [1.54, 1.807) is 49.5 Å². The molecule has 2 aromatic carbocycles. The van der Waals surface area contributed by atoms with Crippen LogP contribution in [0.4, 0.5) is 37.7 Å². The minimum atomic E-state index is -4.36. The molecule has 0 fully saturated rings. The number of hydrogen-bond acceptors (Lipinski definition) is 3.